The molecule has 1 atom stereocenters. The molecule has 4 rings (SSSR count). The van der Waals surface area contributed by atoms with Gasteiger partial charge in [-0.15, -0.1) is 0 Å². The molecule has 3 aromatic rings. The van der Waals surface area contributed by atoms with Gasteiger partial charge >= 0.3 is 12.4 Å². The van der Waals surface area contributed by atoms with Crippen molar-refractivity contribution in [2.24, 2.45) is 5.16 Å². The number of halogens is 9. The molecule has 0 bridgehead atoms. The molecule has 1 heterocycles. The first-order valence-corrected chi connectivity index (χ1v) is 12.1. The molecule has 1 aliphatic heterocycles. The number of hydrogen-bond donors (Lipinski definition) is 2. The number of alkyl halides is 6. The summed E-state index contributed by atoms with van der Waals surface area (Å²) in [7, 11) is 0. The molecule has 1 aliphatic rings. The second kappa shape index (κ2) is 10.9. The van der Waals surface area contributed by atoms with E-state index >= 15 is 0 Å². The van der Waals surface area contributed by atoms with Crippen molar-refractivity contribution in [1.29, 1.82) is 0 Å². The quantitative estimate of drug-likeness (QED) is 0.241. The van der Waals surface area contributed by atoms with Gasteiger partial charge in [0.15, 0.2) is 0 Å². The van der Waals surface area contributed by atoms with Gasteiger partial charge in [0.25, 0.3) is 17.4 Å². The number of nitrogens with one attached hydrogen (secondary N) is 2. The van der Waals surface area contributed by atoms with Gasteiger partial charge in [-0.05, 0) is 66.6 Å². The molecule has 41 heavy (non-hydrogen) atoms. The number of hydrogen-bond acceptors (Lipinski definition) is 4. The van der Waals surface area contributed by atoms with E-state index in [1.807, 2.05) is 10.9 Å². The summed E-state index contributed by atoms with van der Waals surface area (Å²) in [5.41, 5.74) is -1.11. The maximum absolute atomic E-state index is 14.2. The zero-order chi connectivity index (χ0) is 30.3. The predicted molar refractivity (Wildman–Crippen MR) is 134 cm³/mol. The van der Waals surface area contributed by atoms with Crippen molar-refractivity contribution in [2.75, 3.05) is 0 Å². The normalized spacial score (nSPS) is 17.1. The summed E-state index contributed by atoms with van der Waals surface area (Å²) in [6, 6.07) is 8.48. The largest absolute Gasteiger partial charge is 0.435 e. The highest BCUT2D eigenvalue weighted by Gasteiger charge is 2.62. The first-order valence-electron chi connectivity index (χ1n) is 11.4. The van der Waals surface area contributed by atoms with E-state index in [2.05, 4.69) is 5.16 Å². The minimum Gasteiger partial charge on any atom is -0.374 e. The first-order chi connectivity index (χ1) is 19.0. The molecule has 0 aromatic heterocycles. The van der Waals surface area contributed by atoms with Crippen LogP contribution in [0.25, 0.3) is 0 Å². The molecule has 6 nitrogen and oxygen atoms in total. The van der Waals surface area contributed by atoms with Gasteiger partial charge in [0.05, 0.1) is 11.3 Å². The van der Waals surface area contributed by atoms with Crippen molar-refractivity contribution < 1.29 is 45.2 Å². The summed E-state index contributed by atoms with van der Waals surface area (Å²) in [5.74, 6) is -3.44. The zero-order valence-corrected chi connectivity index (χ0v) is 22.0. The minimum absolute atomic E-state index is 0.0347. The molecule has 0 saturated heterocycles. The molecule has 0 saturated carbocycles. The molecule has 0 radical (unpaired) electrons. The monoisotopic (exact) mass is 621 g/mol. The number of benzene rings is 3. The Hall–Kier alpha value is -3.84. The molecule has 15 heteroatoms. The standard InChI is InChI=1S/C26H16Cl2F7N3O3/c1-12-4-13(21-11-24(41-38-21,26(33,34)35)15-7-17(27)10-18(28)8-15)2-3-20(12)23(40)37-36-22(39)14-5-16(25(30,31)32)9-19(29)6-14/h2-10H,11H2,1H3,(H,36,39)(H,37,40). The molecule has 1 unspecified atom stereocenters. The Morgan fingerprint density at radius 1 is 0.902 bits per heavy atom. The number of carbonyl (C=O) groups excluding carboxylic acids is 2. The maximum atomic E-state index is 14.2. The minimum atomic E-state index is -4.91. The predicted octanol–water partition coefficient (Wildman–Crippen LogP) is 7.12. The number of hydrazine groups is 1. The van der Waals surface area contributed by atoms with Gasteiger partial charge < -0.3 is 4.84 Å². The highest BCUT2D eigenvalue weighted by molar-refractivity contribution is 6.34. The molecule has 0 spiro atoms. The third-order valence-electron chi connectivity index (χ3n) is 6.10. The lowest BCUT2D eigenvalue weighted by Gasteiger charge is -2.29. The van der Waals surface area contributed by atoms with Crippen LogP contribution in [-0.2, 0) is 16.6 Å². The van der Waals surface area contributed by atoms with Crippen molar-refractivity contribution in [1.82, 2.24) is 10.9 Å². The van der Waals surface area contributed by atoms with E-state index in [4.69, 9.17) is 28.0 Å². The average Bonchev–Trinajstić information content (AvgIpc) is 3.33. The topological polar surface area (TPSA) is 79.8 Å². The lowest BCUT2D eigenvalue weighted by molar-refractivity contribution is -0.275. The number of amides is 2. The fraction of sp³-hybridized carbons (Fsp3) is 0.192. The number of aryl methyl sites for hydroxylation is 1. The molecule has 2 amide bonds. The van der Waals surface area contributed by atoms with Gasteiger partial charge in [0.1, 0.15) is 5.82 Å². The molecular formula is C26H16Cl2F7N3O3. The highest BCUT2D eigenvalue weighted by atomic mass is 35.5. The van der Waals surface area contributed by atoms with Gasteiger partial charge in [-0.2, -0.15) is 26.3 Å². The fourth-order valence-corrected chi connectivity index (χ4v) is 4.61. The Kier molecular flexibility index (Phi) is 7.98. The van der Waals surface area contributed by atoms with E-state index in [1.165, 1.54) is 31.2 Å². The highest BCUT2D eigenvalue weighted by Crippen LogP contribution is 2.49. The summed E-state index contributed by atoms with van der Waals surface area (Å²) in [6.45, 7) is 1.45. The third kappa shape index (κ3) is 6.25. The molecule has 0 fully saturated rings. The number of nitrogens with zero attached hydrogens (tertiary/aromatic N) is 1. The van der Waals surface area contributed by atoms with E-state index in [0.717, 1.165) is 12.1 Å². The third-order valence-corrected chi connectivity index (χ3v) is 6.53. The van der Waals surface area contributed by atoms with Crippen LogP contribution in [0, 0.1) is 12.7 Å². The van der Waals surface area contributed by atoms with Crippen LogP contribution in [0.3, 0.4) is 0 Å². The van der Waals surface area contributed by atoms with Crippen molar-refractivity contribution in [3.63, 3.8) is 0 Å². The number of rotatable bonds is 4. The van der Waals surface area contributed by atoms with Gasteiger partial charge in [0, 0.05) is 33.2 Å². The molecule has 3 aromatic carbocycles. The lowest BCUT2D eigenvalue weighted by atomic mass is 9.86. The van der Waals surface area contributed by atoms with Crippen LogP contribution >= 0.6 is 23.2 Å². The van der Waals surface area contributed by atoms with Crippen molar-refractivity contribution in [2.45, 2.75) is 31.3 Å². The van der Waals surface area contributed by atoms with Crippen LogP contribution in [-0.4, -0.2) is 23.7 Å². The fourth-order valence-electron chi connectivity index (χ4n) is 4.08. The Balaban J connectivity index is 1.50. The molecule has 0 aliphatic carbocycles. The van der Waals surface area contributed by atoms with Gasteiger partial charge in [0.2, 0.25) is 0 Å². The van der Waals surface area contributed by atoms with E-state index in [0.29, 0.717) is 12.1 Å². The van der Waals surface area contributed by atoms with Crippen LogP contribution in [0.5, 0.6) is 0 Å². The Labute approximate surface area is 237 Å². The molecular weight excluding hydrogens is 606 g/mol. The maximum Gasteiger partial charge on any atom is 0.435 e. The van der Waals surface area contributed by atoms with Crippen molar-refractivity contribution in [3.8, 4) is 0 Å². The summed E-state index contributed by atoms with van der Waals surface area (Å²) in [5, 5.41) is 3.57. The van der Waals surface area contributed by atoms with Gasteiger partial charge in [-0.25, -0.2) is 4.39 Å². The first kappa shape index (κ1) is 30.1. The van der Waals surface area contributed by atoms with E-state index < -0.39 is 53.1 Å². The average molecular weight is 622 g/mol. The summed E-state index contributed by atoms with van der Waals surface area (Å²) >= 11 is 11.8. The summed E-state index contributed by atoms with van der Waals surface area (Å²) in [6.07, 6.45) is -10.6. The van der Waals surface area contributed by atoms with Crippen LogP contribution < -0.4 is 10.9 Å². The Morgan fingerprint density at radius 3 is 2.12 bits per heavy atom. The lowest BCUT2D eigenvalue weighted by Crippen LogP contribution is -2.42. The second-order valence-corrected chi connectivity index (χ2v) is 9.83. The Bertz CT molecular complexity index is 1550. The van der Waals surface area contributed by atoms with Gasteiger partial charge in [-0.1, -0.05) is 34.4 Å². The van der Waals surface area contributed by atoms with E-state index in [1.54, 1.807) is 0 Å². The van der Waals surface area contributed by atoms with Crippen molar-refractivity contribution in [3.05, 3.63) is 104 Å². The second-order valence-electron chi connectivity index (χ2n) is 8.95. The van der Waals surface area contributed by atoms with E-state index in [-0.39, 0.29) is 44.1 Å². The number of carbonyl (C=O) groups is 2. The van der Waals surface area contributed by atoms with Crippen molar-refractivity contribution >= 4 is 40.7 Å². The van der Waals surface area contributed by atoms with Crippen LogP contribution in [0.15, 0.2) is 59.8 Å². The zero-order valence-electron chi connectivity index (χ0n) is 20.5. The van der Waals surface area contributed by atoms with E-state index in [9.17, 15) is 40.3 Å². The molecule has 2 N–H and O–H groups in total. The smallest absolute Gasteiger partial charge is 0.374 e. The van der Waals surface area contributed by atoms with Crippen LogP contribution in [0.2, 0.25) is 10.0 Å². The van der Waals surface area contributed by atoms with Crippen LogP contribution in [0.1, 0.15) is 49.4 Å². The summed E-state index contributed by atoms with van der Waals surface area (Å²) < 4.78 is 95.0. The van der Waals surface area contributed by atoms with Gasteiger partial charge in [-0.3, -0.25) is 20.4 Å². The van der Waals surface area contributed by atoms with Crippen LogP contribution in [0.4, 0.5) is 30.7 Å². The Morgan fingerprint density at radius 2 is 1.54 bits per heavy atom. The number of oxime groups is 1. The SMILES string of the molecule is Cc1cc(C2=NOC(c3cc(Cl)cc(Cl)c3)(C(F)(F)F)C2)ccc1C(=O)NNC(=O)c1cc(F)cc(C(F)(F)F)c1. The molecule has 216 valence electrons. The summed E-state index contributed by atoms with van der Waals surface area (Å²) in [4.78, 5) is 29.8.